The average Bonchev–Trinajstić information content (AvgIpc) is 2.72. The predicted octanol–water partition coefficient (Wildman–Crippen LogP) is 3.25. The molecule has 5 nitrogen and oxygen atoms in total. The number of hydrogen-bond acceptors (Lipinski definition) is 4. The molecule has 1 N–H and O–H groups in total. The van der Waals surface area contributed by atoms with E-state index in [2.05, 4.69) is 11.4 Å². The summed E-state index contributed by atoms with van der Waals surface area (Å²) in [6.07, 6.45) is 1.68. The van der Waals surface area contributed by atoms with Gasteiger partial charge in [-0.2, -0.15) is 0 Å². The Balaban J connectivity index is 1.66. The van der Waals surface area contributed by atoms with Gasteiger partial charge in [0.15, 0.2) is 6.61 Å². The van der Waals surface area contributed by atoms with Crippen molar-refractivity contribution < 1.29 is 19.0 Å². The van der Waals surface area contributed by atoms with Crippen molar-refractivity contribution in [3.05, 3.63) is 59.7 Å². The van der Waals surface area contributed by atoms with Crippen molar-refractivity contribution in [3.8, 4) is 11.5 Å². The smallest absolute Gasteiger partial charge is 0.257 e. The Morgan fingerprint density at radius 3 is 2.44 bits per heavy atom. The van der Waals surface area contributed by atoms with Gasteiger partial charge in [0.2, 0.25) is 0 Å². The summed E-state index contributed by atoms with van der Waals surface area (Å²) in [4.78, 5) is 12.4. The van der Waals surface area contributed by atoms with Crippen LogP contribution >= 0.6 is 0 Å². The van der Waals surface area contributed by atoms with Gasteiger partial charge in [-0.1, -0.05) is 36.4 Å². The Morgan fingerprint density at radius 1 is 1.07 bits per heavy atom. The van der Waals surface area contributed by atoms with Gasteiger partial charge in [-0.25, -0.2) is 0 Å². The van der Waals surface area contributed by atoms with E-state index in [-0.39, 0.29) is 17.9 Å². The van der Waals surface area contributed by atoms with E-state index in [1.54, 1.807) is 7.11 Å². The Morgan fingerprint density at radius 2 is 1.74 bits per heavy atom. The molecule has 1 saturated heterocycles. The van der Waals surface area contributed by atoms with Gasteiger partial charge in [-0.15, -0.1) is 0 Å². The molecule has 1 fully saturated rings. The van der Waals surface area contributed by atoms with Crippen molar-refractivity contribution in [3.63, 3.8) is 0 Å². The molecule has 5 heteroatoms. The van der Waals surface area contributed by atoms with Crippen LogP contribution in [0.5, 0.6) is 11.5 Å². The molecule has 0 unspecified atom stereocenters. The Labute approximate surface area is 160 Å². The number of ether oxygens (including phenoxy) is 3. The van der Waals surface area contributed by atoms with E-state index >= 15 is 0 Å². The van der Waals surface area contributed by atoms with E-state index in [0.29, 0.717) is 19.8 Å². The van der Waals surface area contributed by atoms with Crippen molar-refractivity contribution in [2.45, 2.75) is 25.2 Å². The molecule has 1 aliphatic rings. The number of hydrogen-bond donors (Lipinski definition) is 1. The standard InChI is InChI=1S/C22H27NO4/c1-17-7-3-5-9-19(17)27-15-21(24)23-16-22(11-13-26-14-12-22)18-8-4-6-10-20(18)25-2/h3-10H,11-16H2,1-2H3,(H,23,24). The summed E-state index contributed by atoms with van der Waals surface area (Å²) in [6, 6.07) is 15.7. The Kier molecular flexibility index (Phi) is 6.35. The second kappa shape index (κ2) is 8.91. The summed E-state index contributed by atoms with van der Waals surface area (Å²) in [5.41, 5.74) is 1.94. The van der Waals surface area contributed by atoms with Gasteiger partial charge < -0.3 is 19.5 Å². The van der Waals surface area contributed by atoms with Gasteiger partial charge in [0.25, 0.3) is 5.91 Å². The van der Waals surface area contributed by atoms with Crippen LogP contribution in [-0.2, 0) is 14.9 Å². The number of nitrogens with one attached hydrogen (secondary N) is 1. The van der Waals surface area contributed by atoms with Crippen LogP contribution < -0.4 is 14.8 Å². The number of rotatable bonds is 7. The van der Waals surface area contributed by atoms with Crippen molar-refractivity contribution in [2.75, 3.05) is 33.5 Å². The van der Waals surface area contributed by atoms with Crippen LogP contribution in [0, 0.1) is 6.92 Å². The third-order valence-corrected chi connectivity index (χ3v) is 5.20. The third kappa shape index (κ3) is 4.61. The SMILES string of the molecule is COc1ccccc1C1(CNC(=O)COc2ccccc2C)CCOCC1. The van der Waals surface area contributed by atoms with Gasteiger partial charge in [-0.3, -0.25) is 4.79 Å². The normalized spacial score (nSPS) is 15.8. The molecule has 1 aliphatic heterocycles. The van der Waals surface area contributed by atoms with Crippen molar-refractivity contribution in [1.29, 1.82) is 0 Å². The van der Waals surface area contributed by atoms with E-state index in [4.69, 9.17) is 14.2 Å². The summed E-state index contributed by atoms with van der Waals surface area (Å²) in [7, 11) is 1.68. The molecule has 1 heterocycles. The highest BCUT2D eigenvalue weighted by atomic mass is 16.5. The monoisotopic (exact) mass is 369 g/mol. The Hall–Kier alpha value is -2.53. The van der Waals surface area contributed by atoms with E-state index in [0.717, 1.165) is 35.5 Å². The lowest BCUT2D eigenvalue weighted by molar-refractivity contribution is -0.123. The zero-order valence-electron chi connectivity index (χ0n) is 16.0. The highest BCUT2D eigenvalue weighted by Gasteiger charge is 2.37. The molecule has 0 bridgehead atoms. The molecule has 0 atom stereocenters. The van der Waals surface area contributed by atoms with Crippen LogP contribution in [0.3, 0.4) is 0 Å². The van der Waals surface area contributed by atoms with Crippen LogP contribution in [0.15, 0.2) is 48.5 Å². The van der Waals surface area contributed by atoms with Crippen molar-refractivity contribution in [2.24, 2.45) is 0 Å². The highest BCUT2D eigenvalue weighted by molar-refractivity contribution is 5.77. The zero-order valence-corrected chi connectivity index (χ0v) is 16.0. The first-order valence-electron chi connectivity index (χ1n) is 9.31. The van der Waals surface area contributed by atoms with Crippen LogP contribution in [0.25, 0.3) is 0 Å². The number of methoxy groups -OCH3 is 1. The maximum atomic E-state index is 12.4. The number of carbonyl (C=O) groups is 1. The van der Waals surface area contributed by atoms with Crippen LogP contribution in [0.4, 0.5) is 0 Å². The van der Waals surface area contributed by atoms with Crippen molar-refractivity contribution in [1.82, 2.24) is 5.32 Å². The number of amides is 1. The van der Waals surface area contributed by atoms with Gasteiger partial charge in [0.05, 0.1) is 7.11 Å². The van der Waals surface area contributed by atoms with Crippen LogP contribution in [-0.4, -0.2) is 39.4 Å². The molecule has 0 saturated carbocycles. The molecule has 144 valence electrons. The van der Waals surface area contributed by atoms with E-state index in [1.165, 1.54) is 0 Å². The fourth-order valence-electron chi connectivity index (χ4n) is 3.57. The molecule has 1 amide bonds. The van der Waals surface area contributed by atoms with Gasteiger partial charge in [0.1, 0.15) is 11.5 Å². The second-order valence-corrected chi connectivity index (χ2v) is 6.92. The predicted molar refractivity (Wildman–Crippen MR) is 104 cm³/mol. The summed E-state index contributed by atoms with van der Waals surface area (Å²) >= 11 is 0. The average molecular weight is 369 g/mol. The van der Waals surface area contributed by atoms with E-state index in [1.807, 2.05) is 49.4 Å². The third-order valence-electron chi connectivity index (χ3n) is 5.20. The van der Waals surface area contributed by atoms with E-state index in [9.17, 15) is 4.79 Å². The zero-order chi connectivity index (χ0) is 19.1. The lowest BCUT2D eigenvalue weighted by atomic mass is 9.73. The molecule has 0 aliphatic carbocycles. The molecule has 3 rings (SSSR count). The number of carbonyl (C=O) groups excluding carboxylic acids is 1. The summed E-state index contributed by atoms with van der Waals surface area (Å²) in [6.45, 7) is 3.85. The fourth-order valence-corrected chi connectivity index (χ4v) is 3.57. The van der Waals surface area contributed by atoms with Gasteiger partial charge in [0, 0.05) is 30.7 Å². The molecule has 27 heavy (non-hydrogen) atoms. The number of benzene rings is 2. The Bertz CT molecular complexity index is 768. The topological polar surface area (TPSA) is 56.8 Å². The quantitative estimate of drug-likeness (QED) is 0.814. The molecular formula is C22H27NO4. The van der Waals surface area contributed by atoms with Gasteiger partial charge >= 0.3 is 0 Å². The van der Waals surface area contributed by atoms with Crippen LogP contribution in [0.1, 0.15) is 24.0 Å². The first kappa shape index (κ1) is 19.2. The molecule has 0 spiro atoms. The number of aryl methyl sites for hydroxylation is 1. The minimum Gasteiger partial charge on any atom is -0.496 e. The second-order valence-electron chi connectivity index (χ2n) is 6.92. The highest BCUT2D eigenvalue weighted by Crippen LogP contribution is 2.39. The van der Waals surface area contributed by atoms with Crippen molar-refractivity contribution >= 4 is 5.91 Å². The van der Waals surface area contributed by atoms with Crippen LogP contribution in [0.2, 0.25) is 0 Å². The molecule has 0 radical (unpaired) electrons. The largest absolute Gasteiger partial charge is 0.496 e. The van der Waals surface area contributed by atoms with E-state index < -0.39 is 0 Å². The maximum absolute atomic E-state index is 12.4. The van der Waals surface area contributed by atoms with Gasteiger partial charge in [-0.05, 0) is 37.5 Å². The minimum atomic E-state index is -0.191. The summed E-state index contributed by atoms with van der Waals surface area (Å²) in [5.74, 6) is 1.46. The molecular weight excluding hydrogens is 342 g/mol. The molecule has 0 aromatic heterocycles. The summed E-state index contributed by atoms with van der Waals surface area (Å²) < 4.78 is 16.8. The maximum Gasteiger partial charge on any atom is 0.257 e. The lowest BCUT2D eigenvalue weighted by Gasteiger charge is -2.38. The fraction of sp³-hybridized carbons (Fsp3) is 0.409. The minimum absolute atomic E-state index is 0.00333. The first-order valence-corrected chi connectivity index (χ1v) is 9.31. The summed E-state index contributed by atoms with van der Waals surface area (Å²) in [5, 5.41) is 3.06. The number of para-hydroxylation sites is 2. The lowest BCUT2D eigenvalue weighted by Crippen LogP contribution is -2.45. The molecule has 2 aromatic rings. The first-order chi connectivity index (χ1) is 13.1. The molecule has 2 aromatic carbocycles.